The molecule has 18 heavy (non-hydrogen) atoms. The van der Waals surface area contributed by atoms with Gasteiger partial charge >= 0.3 is 0 Å². The van der Waals surface area contributed by atoms with Crippen molar-refractivity contribution < 1.29 is 4.79 Å². The zero-order valence-corrected chi connectivity index (χ0v) is 12.1. The molecule has 0 saturated carbocycles. The molecule has 5 nitrogen and oxygen atoms in total. The first kappa shape index (κ1) is 13.5. The van der Waals surface area contributed by atoms with Crippen LogP contribution in [0.3, 0.4) is 0 Å². The van der Waals surface area contributed by atoms with Gasteiger partial charge in [0.05, 0.1) is 6.33 Å². The molecule has 1 saturated heterocycles. The van der Waals surface area contributed by atoms with Crippen LogP contribution in [-0.4, -0.2) is 33.4 Å². The average molecular weight is 335 g/mol. The lowest BCUT2D eigenvalue weighted by Gasteiger charge is -2.26. The molecule has 1 aromatic rings. The van der Waals surface area contributed by atoms with Crippen molar-refractivity contribution in [1.29, 1.82) is 0 Å². The Morgan fingerprint density at radius 3 is 2.72 bits per heavy atom. The van der Waals surface area contributed by atoms with Gasteiger partial charge in [-0.05, 0) is 35.2 Å². The van der Waals surface area contributed by atoms with E-state index >= 15 is 0 Å². The van der Waals surface area contributed by atoms with Gasteiger partial charge in [0, 0.05) is 13.1 Å². The van der Waals surface area contributed by atoms with Gasteiger partial charge in [-0.15, -0.1) is 0 Å². The van der Waals surface area contributed by atoms with Gasteiger partial charge in [-0.2, -0.15) is 0 Å². The van der Waals surface area contributed by atoms with Crippen molar-refractivity contribution in [2.24, 2.45) is 0 Å². The van der Waals surface area contributed by atoms with Crippen molar-refractivity contribution in [3.8, 4) is 0 Å². The molecule has 0 unspecified atom stereocenters. The highest BCUT2D eigenvalue weighted by atomic mass is 79.9. The first-order valence-electron chi connectivity index (χ1n) is 5.78. The number of carbonyl (C=O) groups is 1. The molecule has 0 radical (unpaired) electrons. The zero-order valence-electron chi connectivity index (χ0n) is 9.73. The summed E-state index contributed by atoms with van der Waals surface area (Å²) in [5, 5.41) is 0.113. The summed E-state index contributed by atoms with van der Waals surface area (Å²) < 4.78 is 1.46. The van der Waals surface area contributed by atoms with Crippen molar-refractivity contribution in [3.05, 3.63) is 26.3 Å². The quantitative estimate of drug-likeness (QED) is 0.773. The van der Waals surface area contributed by atoms with Gasteiger partial charge in [0.25, 0.3) is 5.56 Å². The Kier molecular flexibility index (Phi) is 4.40. The normalized spacial score (nSPS) is 15.8. The van der Waals surface area contributed by atoms with Gasteiger partial charge in [0.2, 0.25) is 5.91 Å². The van der Waals surface area contributed by atoms with E-state index in [-0.39, 0.29) is 27.6 Å². The van der Waals surface area contributed by atoms with Gasteiger partial charge in [0.15, 0.2) is 5.15 Å². The van der Waals surface area contributed by atoms with E-state index in [4.69, 9.17) is 11.6 Å². The third kappa shape index (κ3) is 2.92. The number of hydrogen-bond donors (Lipinski definition) is 0. The molecule has 0 aliphatic carbocycles. The predicted molar refractivity (Wildman–Crippen MR) is 71.6 cm³/mol. The maximum atomic E-state index is 12.0. The van der Waals surface area contributed by atoms with E-state index in [1.54, 1.807) is 4.90 Å². The second kappa shape index (κ2) is 5.84. The van der Waals surface area contributed by atoms with Crippen LogP contribution in [0.1, 0.15) is 19.3 Å². The summed E-state index contributed by atoms with van der Waals surface area (Å²) in [6, 6.07) is 0. The van der Waals surface area contributed by atoms with Crippen molar-refractivity contribution in [3.63, 3.8) is 0 Å². The monoisotopic (exact) mass is 333 g/mol. The molecule has 98 valence electrons. The molecule has 0 bridgehead atoms. The lowest BCUT2D eigenvalue weighted by Crippen LogP contribution is -2.39. The van der Waals surface area contributed by atoms with Gasteiger partial charge in [-0.1, -0.05) is 11.6 Å². The largest absolute Gasteiger partial charge is 0.341 e. The molecule has 1 amide bonds. The Balaban J connectivity index is 2.12. The minimum absolute atomic E-state index is 0.0155. The number of rotatable bonds is 2. The fourth-order valence-electron chi connectivity index (χ4n) is 1.95. The van der Waals surface area contributed by atoms with E-state index in [9.17, 15) is 9.59 Å². The minimum atomic E-state index is -0.333. The van der Waals surface area contributed by atoms with Crippen molar-refractivity contribution in [2.75, 3.05) is 13.1 Å². The smallest absolute Gasteiger partial charge is 0.269 e. The van der Waals surface area contributed by atoms with Crippen molar-refractivity contribution in [1.82, 2.24) is 14.5 Å². The Bertz CT molecular complexity index is 512. The summed E-state index contributed by atoms with van der Waals surface area (Å²) in [6.07, 6.45) is 4.53. The molecule has 2 rings (SSSR count). The number of amides is 1. The summed E-state index contributed by atoms with van der Waals surface area (Å²) >= 11 is 8.77. The van der Waals surface area contributed by atoms with Crippen molar-refractivity contribution >= 4 is 33.4 Å². The van der Waals surface area contributed by atoms with Crippen LogP contribution in [0.2, 0.25) is 5.15 Å². The molecule has 1 fully saturated rings. The number of halogens is 2. The second-order valence-electron chi connectivity index (χ2n) is 4.22. The summed E-state index contributed by atoms with van der Waals surface area (Å²) in [7, 11) is 0. The van der Waals surface area contributed by atoms with Crippen LogP contribution in [0, 0.1) is 0 Å². The molecule has 0 spiro atoms. The van der Waals surface area contributed by atoms with Crippen molar-refractivity contribution in [2.45, 2.75) is 25.8 Å². The molecule has 0 N–H and O–H groups in total. The van der Waals surface area contributed by atoms with Crippen LogP contribution in [0.25, 0.3) is 0 Å². The maximum Gasteiger partial charge on any atom is 0.269 e. The van der Waals surface area contributed by atoms with Crippen LogP contribution in [-0.2, 0) is 11.3 Å². The average Bonchev–Trinajstić information content (AvgIpc) is 2.40. The molecule has 2 heterocycles. The Hall–Kier alpha value is -0.880. The van der Waals surface area contributed by atoms with E-state index in [2.05, 4.69) is 20.9 Å². The zero-order chi connectivity index (χ0) is 13.1. The van der Waals surface area contributed by atoms with Crippen LogP contribution in [0.15, 0.2) is 15.6 Å². The summed E-state index contributed by atoms with van der Waals surface area (Å²) in [5.74, 6) is -0.0483. The molecule has 1 aliphatic rings. The molecular weight excluding hydrogens is 321 g/mol. The Labute approximate surface area is 118 Å². The Morgan fingerprint density at radius 1 is 1.39 bits per heavy atom. The van der Waals surface area contributed by atoms with E-state index in [0.717, 1.165) is 32.4 Å². The standard InChI is InChI=1S/C11H13BrClN3O2/c12-9-10(13)14-7-16(11(9)18)6-8(17)15-4-2-1-3-5-15/h7H,1-6H2. The second-order valence-corrected chi connectivity index (χ2v) is 5.37. The fraction of sp³-hybridized carbons (Fsp3) is 0.545. The third-order valence-corrected chi connectivity index (χ3v) is 4.18. The fourth-order valence-corrected chi connectivity index (χ4v) is 2.40. The number of likely N-dealkylation sites (tertiary alicyclic amines) is 1. The van der Waals surface area contributed by atoms with E-state index < -0.39 is 0 Å². The van der Waals surface area contributed by atoms with Gasteiger partial charge in [0.1, 0.15) is 11.0 Å². The van der Waals surface area contributed by atoms with E-state index in [1.165, 1.54) is 10.9 Å². The summed E-state index contributed by atoms with van der Waals surface area (Å²) in [5.41, 5.74) is -0.333. The maximum absolute atomic E-state index is 12.0. The van der Waals surface area contributed by atoms with Gasteiger partial charge < -0.3 is 4.90 Å². The Morgan fingerprint density at radius 2 is 2.06 bits per heavy atom. The summed E-state index contributed by atoms with van der Waals surface area (Å²) in [4.78, 5) is 29.5. The topological polar surface area (TPSA) is 55.2 Å². The number of piperidine rings is 1. The number of nitrogens with zero attached hydrogens (tertiary/aromatic N) is 3. The first-order chi connectivity index (χ1) is 8.59. The lowest BCUT2D eigenvalue weighted by molar-refractivity contribution is -0.132. The highest BCUT2D eigenvalue weighted by Crippen LogP contribution is 2.14. The molecule has 0 atom stereocenters. The highest BCUT2D eigenvalue weighted by Gasteiger charge is 2.18. The first-order valence-corrected chi connectivity index (χ1v) is 6.95. The SMILES string of the molecule is O=C(Cn1cnc(Cl)c(Br)c1=O)N1CCCCC1. The van der Waals surface area contributed by atoms with Crippen LogP contribution in [0.4, 0.5) is 0 Å². The molecule has 1 aromatic heterocycles. The third-order valence-electron chi connectivity index (χ3n) is 2.95. The van der Waals surface area contributed by atoms with Crippen LogP contribution < -0.4 is 5.56 Å². The molecule has 0 aromatic carbocycles. The molecular formula is C11H13BrClN3O2. The van der Waals surface area contributed by atoms with E-state index in [0.29, 0.717) is 0 Å². The van der Waals surface area contributed by atoms with Crippen LogP contribution in [0.5, 0.6) is 0 Å². The lowest BCUT2D eigenvalue weighted by atomic mass is 10.1. The number of aromatic nitrogens is 2. The highest BCUT2D eigenvalue weighted by molar-refractivity contribution is 9.10. The minimum Gasteiger partial charge on any atom is -0.341 e. The summed E-state index contributed by atoms with van der Waals surface area (Å²) in [6.45, 7) is 1.56. The molecule has 1 aliphatic heterocycles. The van der Waals surface area contributed by atoms with Gasteiger partial charge in [-0.25, -0.2) is 4.98 Å². The van der Waals surface area contributed by atoms with Crippen LogP contribution >= 0.6 is 27.5 Å². The number of hydrogen-bond acceptors (Lipinski definition) is 3. The van der Waals surface area contributed by atoms with Gasteiger partial charge in [-0.3, -0.25) is 14.2 Å². The number of carbonyl (C=O) groups excluding carboxylic acids is 1. The molecule has 7 heteroatoms. The van der Waals surface area contributed by atoms with E-state index in [1.807, 2.05) is 0 Å². The predicted octanol–water partition coefficient (Wildman–Crippen LogP) is 1.67.